The number of aliphatic carboxylic acids is 1. The molecule has 1 atom stereocenters. The van der Waals surface area contributed by atoms with Gasteiger partial charge in [0.15, 0.2) is 5.84 Å². The van der Waals surface area contributed by atoms with Gasteiger partial charge in [-0.1, -0.05) is 30.3 Å². The Hall–Kier alpha value is -3.80. The van der Waals surface area contributed by atoms with E-state index in [1.165, 1.54) is 0 Å². The number of nitrogens with zero attached hydrogens (tertiary/aromatic N) is 3. The van der Waals surface area contributed by atoms with Gasteiger partial charge in [0.25, 0.3) is 5.91 Å². The number of carboxylic acid groups (broad SMARTS) is 1. The lowest BCUT2D eigenvalue weighted by Gasteiger charge is -2.48. The molecule has 0 saturated carbocycles. The molecule has 0 spiro atoms. The standard InChI is InChI=1S/C22H25N5O2.C2HF3O2/c1-14-21(28)25-24-20-11-29-19-9-16(15-7-5-4-6-8-15)17(10-18(19)27(14)20)23-22(2)12-26(3)13-22;3-2(4,5)1(6)7/h4-10,14,23H,11-13H2,1-3H3,(H,25,28);(H,6,7). The number of likely N-dealkylation sites (tertiary alicyclic amines) is 1. The van der Waals surface area contributed by atoms with Gasteiger partial charge in [-0.2, -0.15) is 18.3 Å². The monoisotopic (exact) mass is 505 g/mol. The van der Waals surface area contributed by atoms with E-state index in [2.05, 4.69) is 59.0 Å². The molecule has 1 amide bonds. The van der Waals surface area contributed by atoms with Crippen LogP contribution in [0.1, 0.15) is 13.8 Å². The van der Waals surface area contributed by atoms with Crippen molar-refractivity contribution in [1.29, 1.82) is 0 Å². The summed E-state index contributed by atoms with van der Waals surface area (Å²) in [5.74, 6) is -1.38. The molecule has 2 aromatic rings. The van der Waals surface area contributed by atoms with Crippen LogP contribution in [-0.4, -0.2) is 72.2 Å². The number of ether oxygens (including phenoxy) is 1. The number of likely N-dealkylation sites (N-methyl/N-ethyl adjacent to an activating group) is 1. The number of hydrogen-bond donors (Lipinski definition) is 3. The smallest absolute Gasteiger partial charge is 0.483 e. The summed E-state index contributed by atoms with van der Waals surface area (Å²) in [5, 5.41) is 15.1. The molecular weight excluding hydrogens is 479 g/mol. The number of amidine groups is 1. The summed E-state index contributed by atoms with van der Waals surface area (Å²) in [5.41, 5.74) is 6.71. The molecule has 0 aromatic heterocycles. The Balaban J connectivity index is 0.000000384. The molecule has 1 saturated heterocycles. The van der Waals surface area contributed by atoms with Crippen LogP contribution < -0.4 is 20.4 Å². The van der Waals surface area contributed by atoms with E-state index in [4.69, 9.17) is 14.6 Å². The third-order valence-electron chi connectivity index (χ3n) is 6.06. The van der Waals surface area contributed by atoms with Crippen LogP contribution in [0.2, 0.25) is 0 Å². The molecule has 36 heavy (non-hydrogen) atoms. The van der Waals surface area contributed by atoms with Crippen molar-refractivity contribution in [3.05, 3.63) is 42.5 Å². The minimum atomic E-state index is -5.08. The van der Waals surface area contributed by atoms with Gasteiger partial charge < -0.3 is 25.0 Å². The summed E-state index contributed by atoms with van der Waals surface area (Å²) in [6, 6.07) is 14.2. The Morgan fingerprint density at radius 3 is 2.47 bits per heavy atom. The predicted molar refractivity (Wildman–Crippen MR) is 128 cm³/mol. The van der Waals surface area contributed by atoms with E-state index in [-0.39, 0.29) is 17.5 Å². The minimum Gasteiger partial charge on any atom is -0.483 e. The largest absolute Gasteiger partial charge is 0.490 e. The third kappa shape index (κ3) is 5.08. The van der Waals surface area contributed by atoms with Crippen LogP contribution in [0.5, 0.6) is 5.75 Å². The first-order valence-corrected chi connectivity index (χ1v) is 11.2. The van der Waals surface area contributed by atoms with Crippen molar-refractivity contribution in [3.63, 3.8) is 0 Å². The first kappa shape index (κ1) is 25.3. The van der Waals surface area contributed by atoms with Crippen LogP contribution in [0.15, 0.2) is 47.6 Å². The van der Waals surface area contributed by atoms with Gasteiger partial charge in [-0.05, 0) is 38.6 Å². The number of fused-ring (bicyclic) bond motifs is 3. The molecule has 1 fully saturated rings. The SMILES string of the molecule is CC1C(=O)NN=C2COc3cc(-c4ccccc4)c(NC4(C)CN(C)C4)cc3N21.O=C(O)C(F)(F)F. The fraction of sp³-hybridized carbons (Fsp3) is 0.375. The number of rotatable bonds is 3. The number of amides is 1. The first-order valence-electron chi connectivity index (χ1n) is 11.2. The van der Waals surface area contributed by atoms with E-state index in [1.807, 2.05) is 30.0 Å². The highest BCUT2D eigenvalue weighted by atomic mass is 19.4. The van der Waals surface area contributed by atoms with Gasteiger partial charge in [0.1, 0.15) is 18.4 Å². The van der Waals surface area contributed by atoms with E-state index in [0.717, 1.165) is 47.2 Å². The molecule has 3 N–H and O–H groups in total. The summed E-state index contributed by atoms with van der Waals surface area (Å²) in [6.07, 6.45) is -5.08. The van der Waals surface area contributed by atoms with Crippen molar-refractivity contribution in [2.75, 3.05) is 37.0 Å². The number of alkyl halides is 3. The lowest BCUT2D eigenvalue weighted by atomic mass is 9.91. The van der Waals surface area contributed by atoms with E-state index < -0.39 is 12.1 Å². The molecule has 192 valence electrons. The Labute approximate surface area is 205 Å². The second kappa shape index (κ2) is 9.34. The first-order chi connectivity index (χ1) is 16.9. The van der Waals surface area contributed by atoms with Gasteiger partial charge in [0.2, 0.25) is 0 Å². The van der Waals surface area contributed by atoms with Crippen LogP contribution >= 0.6 is 0 Å². The molecule has 3 aliphatic heterocycles. The van der Waals surface area contributed by atoms with Crippen LogP contribution in [-0.2, 0) is 9.59 Å². The summed E-state index contributed by atoms with van der Waals surface area (Å²) < 4.78 is 37.8. The highest BCUT2D eigenvalue weighted by molar-refractivity contribution is 6.10. The number of nitrogens with one attached hydrogen (secondary N) is 2. The molecule has 1 unspecified atom stereocenters. The Bertz CT molecular complexity index is 1200. The van der Waals surface area contributed by atoms with Gasteiger partial charge in [-0.15, -0.1) is 0 Å². The molecule has 3 heterocycles. The van der Waals surface area contributed by atoms with Gasteiger partial charge in [0, 0.05) is 24.3 Å². The average Bonchev–Trinajstić information content (AvgIpc) is 2.80. The summed E-state index contributed by atoms with van der Waals surface area (Å²) >= 11 is 0. The molecular formula is C24H26F3N5O4. The zero-order valence-corrected chi connectivity index (χ0v) is 19.9. The summed E-state index contributed by atoms with van der Waals surface area (Å²) in [7, 11) is 2.12. The van der Waals surface area contributed by atoms with Crippen LogP contribution in [0.25, 0.3) is 11.1 Å². The number of anilines is 2. The number of hydrazone groups is 1. The number of halogens is 3. The zero-order valence-electron chi connectivity index (χ0n) is 19.9. The normalized spacial score (nSPS) is 20.3. The fourth-order valence-electron chi connectivity index (χ4n) is 4.58. The molecule has 0 aliphatic carbocycles. The van der Waals surface area contributed by atoms with E-state index in [1.54, 1.807) is 0 Å². The van der Waals surface area contributed by atoms with Gasteiger partial charge in [-0.3, -0.25) is 4.79 Å². The van der Waals surface area contributed by atoms with Crippen molar-refractivity contribution in [2.45, 2.75) is 31.6 Å². The highest BCUT2D eigenvalue weighted by Gasteiger charge is 2.39. The van der Waals surface area contributed by atoms with Gasteiger partial charge >= 0.3 is 12.1 Å². The second-order valence-corrected chi connectivity index (χ2v) is 9.23. The molecule has 2 aromatic carbocycles. The van der Waals surface area contributed by atoms with Crippen LogP contribution in [0, 0.1) is 0 Å². The Kier molecular flexibility index (Phi) is 6.56. The van der Waals surface area contributed by atoms with Gasteiger partial charge in [-0.25, -0.2) is 10.2 Å². The lowest BCUT2D eigenvalue weighted by molar-refractivity contribution is -0.192. The molecule has 0 radical (unpaired) electrons. The Morgan fingerprint density at radius 1 is 1.25 bits per heavy atom. The zero-order chi connectivity index (χ0) is 26.3. The van der Waals surface area contributed by atoms with Crippen molar-refractivity contribution < 1.29 is 32.6 Å². The number of carbonyl (C=O) groups excluding carboxylic acids is 1. The molecule has 5 rings (SSSR count). The van der Waals surface area contributed by atoms with E-state index >= 15 is 0 Å². The summed E-state index contributed by atoms with van der Waals surface area (Å²) in [4.78, 5) is 25.4. The molecule has 12 heteroatoms. The van der Waals surface area contributed by atoms with E-state index in [9.17, 15) is 18.0 Å². The second-order valence-electron chi connectivity index (χ2n) is 9.23. The van der Waals surface area contributed by atoms with Crippen LogP contribution in [0.3, 0.4) is 0 Å². The quantitative estimate of drug-likeness (QED) is 0.589. The number of hydrogen-bond acceptors (Lipinski definition) is 7. The van der Waals surface area contributed by atoms with Crippen molar-refractivity contribution in [2.24, 2.45) is 5.10 Å². The van der Waals surface area contributed by atoms with Crippen molar-refractivity contribution in [1.82, 2.24) is 10.3 Å². The summed E-state index contributed by atoms with van der Waals surface area (Å²) in [6.45, 7) is 6.41. The molecule has 3 aliphatic rings. The fourth-order valence-corrected chi connectivity index (χ4v) is 4.58. The van der Waals surface area contributed by atoms with Gasteiger partial charge in [0.05, 0.1) is 11.2 Å². The maximum Gasteiger partial charge on any atom is 0.490 e. The minimum absolute atomic E-state index is 0.00382. The topological polar surface area (TPSA) is 106 Å². The molecule has 0 bridgehead atoms. The molecule has 9 nitrogen and oxygen atoms in total. The van der Waals surface area contributed by atoms with Crippen LogP contribution in [0.4, 0.5) is 24.5 Å². The van der Waals surface area contributed by atoms with E-state index in [0.29, 0.717) is 6.61 Å². The predicted octanol–water partition coefficient (Wildman–Crippen LogP) is 3.13. The highest BCUT2D eigenvalue weighted by Crippen LogP contribution is 2.43. The van der Waals surface area contributed by atoms with Crippen molar-refractivity contribution >= 4 is 29.1 Å². The Morgan fingerprint density at radius 2 is 1.89 bits per heavy atom. The third-order valence-corrected chi connectivity index (χ3v) is 6.06. The lowest BCUT2D eigenvalue weighted by Crippen LogP contribution is -2.62. The number of carboxylic acids is 1. The number of carbonyl (C=O) groups is 2. The van der Waals surface area contributed by atoms with Crippen molar-refractivity contribution in [3.8, 4) is 16.9 Å². The maximum absolute atomic E-state index is 12.2. The average molecular weight is 505 g/mol. The maximum atomic E-state index is 12.2. The number of benzene rings is 2.